The van der Waals surface area contributed by atoms with E-state index in [0.29, 0.717) is 5.82 Å². The van der Waals surface area contributed by atoms with Crippen molar-refractivity contribution in [2.24, 2.45) is 0 Å². The van der Waals surface area contributed by atoms with Crippen LogP contribution >= 0.6 is 0 Å². The van der Waals surface area contributed by atoms with Crippen molar-refractivity contribution in [2.75, 3.05) is 23.2 Å². The van der Waals surface area contributed by atoms with E-state index >= 15 is 0 Å². The minimum Gasteiger partial charge on any atom is -0.385 e. The molecule has 1 aromatic heterocycles. The molecule has 0 saturated heterocycles. The molecule has 0 amide bonds. The number of nitrogens with zero attached hydrogens (tertiary/aromatic N) is 2. The lowest BCUT2D eigenvalue weighted by molar-refractivity contribution is 0.594. The molecule has 0 fully saturated rings. The summed E-state index contributed by atoms with van der Waals surface area (Å²) in [5.74, 6) is 0.392. The number of hydrogen-bond donors (Lipinski definition) is 1. The van der Waals surface area contributed by atoms with E-state index in [4.69, 9.17) is 0 Å². The van der Waals surface area contributed by atoms with Gasteiger partial charge in [-0.25, -0.2) is 13.4 Å². The summed E-state index contributed by atoms with van der Waals surface area (Å²) in [6, 6.07) is 11.8. The van der Waals surface area contributed by atoms with Crippen LogP contribution in [0.1, 0.15) is 6.92 Å². The zero-order chi connectivity index (χ0) is 14.6. The second kappa shape index (κ2) is 5.92. The van der Waals surface area contributed by atoms with Crippen molar-refractivity contribution in [3.05, 3.63) is 48.7 Å². The summed E-state index contributed by atoms with van der Waals surface area (Å²) in [7, 11) is -2.08. The number of aromatic nitrogens is 1. The summed E-state index contributed by atoms with van der Waals surface area (Å²) in [5.41, 5.74) is 0.895. The summed E-state index contributed by atoms with van der Waals surface area (Å²) >= 11 is 0. The van der Waals surface area contributed by atoms with Crippen LogP contribution in [0.25, 0.3) is 0 Å². The monoisotopic (exact) mass is 291 g/mol. The van der Waals surface area contributed by atoms with E-state index in [-0.39, 0.29) is 4.90 Å². The quantitative estimate of drug-likeness (QED) is 0.918. The molecular weight excluding hydrogens is 274 g/mol. The number of sulfonamides is 1. The summed E-state index contributed by atoms with van der Waals surface area (Å²) < 4.78 is 26.1. The second-order valence-corrected chi connectivity index (χ2v) is 6.18. The van der Waals surface area contributed by atoms with Gasteiger partial charge >= 0.3 is 0 Å². The lowest BCUT2D eigenvalue weighted by Gasteiger charge is -2.18. The van der Waals surface area contributed by atoms with Gasteiger partial charge in [0.05, 0.1) is 4.90 Å². The highest BCUT2D eigenvalue weighted by Gasteiger charge is 2.21. The minimum atomic E-state index is -3.58. The van der Waals surface area contributed by atoms with Crippen molar-refractivity contribution in [1.29, 1.82) is 0 Å². The third-order valence-electron chi connectivity index (χ3n) is 2.87. The van der Waals surface area contributed by atoms with Gasteiger partial charge in [-0.05, 0) is 43.3 Å². The maximum absolute atomic E-state index is 12.5. The molecule has 0 spiro atoms. The summed E-state index contributed by atoms with van der Waals surface area (Å²) in [6.45, 7) is 2.78. The number of benzene rings is 1. The van der Waals surface area contributed by atoms with Gasteiger partial charge in [0, 0.05) is 25.5 Å². The number of anilines is 2. The molecule has 106 valence electrons. The normalized spacial score (nSPS) is 11.1. The molecule has 0 unspecified atom stereocenters. The first kappa shape index (κ1) is 14.3. The zero-order valence-electron chi connectivity index (χ0n) is 11.4. The summed E-state index contributed by atoms with van der Waals surface area (Å²) in [4.78, 5) is 4.29. The van der Waals surface area contributed by atoms with Gasteiger partial charge in [0.15, 0.2) is 0 Å². The molecule has 0 bridgehead atoms. The van der Waals surface area contributed by atoms with Crippen LogP contribution in [0.3, 0.4) is 0 Å². The van der Waals surface area contributed by atoms with E-state index in [9.17, 15) is 8.42 Å². The Morgan fingerprint density at radius 3 is 2.40 bits per heavy atom. The predicted octanol–water partition coefficient (Wildman–Crippen LogP) is 2.34. The molecule has 1 aromatic carbocycles. The van der Waals surface area contributed by atoms with Gasteiger partial charge in [-0.2, -0.15) is 0 Å². The molecule has 1 N–H and O–H groups in total. The molecule has 6 heteroatoms. The van der Waals surface area contributed by atoms with Crippen LogP contribution < -0.4 is 9.62 Å². The van der Waals surface area contributed by atoms with Crippen LogP contribution in [0.15, 0.2) is 53.6 Å². The molecule has 0 aliphatic heterocycles. The smallest absolute Gasteiger partial charge is 0.265 e. The molecule has 2 rings (SSSR count). The molecule has 5 nitrogen and oxygen atoms in total. The van der Waals surface area contributed by atoms with E-state index in [1.54, 1.807) is 48.7 Å². The fraction of sp³-hybridized carbons (Fsp3) is 0.214. The van der Waals surface area contributed by atoms with Crippen LogP contribution in [-0.4, -0.2) is 27.0 Å². The van der Waals surface area contributed by atoms with Crippen molar-refractivity contribution in [3.8, 4) is 0 Å². The Morgan fingerprint density at radius 1 is 1.15 bits per heavy atom. The predicted molar refractivity (Wildman–Crippen MR) is 80.4 cm³/mol. The highest BCUT2D eigenvalue weighted by molar-refractivity contribution is 7.92. The topological polar surface area (TPSA) is 62.3 Å². The standard InChI is InChI=1S/C14H17N3O2S/c1-3-15-12-7-9-13(10-8-12)20(18,19)17(2)14-6-4-5-11-16-14/h4-11,15H,3H2,1-2H3. The zero-order valence-corrected chi connectivity index (χ0v) is 12.3. The lowest BCUT2D eigenvalue weighted by Crippen LogP contribution is -2.27. The van der Waals surface area contributed by atoms with Crippen LogP contribution in [0.5, 0.6) is 0 Å². The van der Waals surface area contributed by atoms with E-state index < -0.39 is 10.0 Å². The molecule has 2 aromatic rings. The largest absolute Gasteiger partial charge is 0.385 e. The minimum absolute atomic E-state index is 0.243. The van der Waals surface area contributed by atoms with Gasteiger partial charge in [-0.3, -0.25) is 4.31 Å². The maximum atomic E-state index is 12.5. The van der Waals surface area contributed by atoms with Crippen molar-refractivity contribution in [2.45, 2.75) is 11.8 Å². The van der Waals surface area contributed by atoms with E-state index in [1.165, 1.54) is 11.4 Å². The Balaban J connectivity index is 2.30. The van der Waals surface area contributed by atoms with E-state index in [1.807, 2.05) is 6.92 Å². The number of nitrogens with one attached hydrogen (secondary N) is 1. The molecule has 0 radical (unpaired) electrons. The first-order valence-corrected chi connectivity index (χ1v) is 7.73. The van der Waals surface area contributed by atoms with Crippen molar-refractivity contribution in [3.63, 3.8) is 0 Å². The molecule has 0 aliphatic rings. The van der Waals surface area contributed by atoms with Gasteiger partial charge in [-0.1, -0.05) is 6.07 Å². The third-order valence-corrected chi connectivity index (χ3v) is 4.64. The second-order valence-electron chi connectivity index (χ2n) is 4.22. The van der Waals surface area contributed by atoms with Crippen molar-refractivity contribution < 1.29 is 8.42 Å². The van der Waals surface area contributed by atoms with Crippen molar-refractivity contribution >= 4 is 21.5 Å². The first-order chi connectivity index (χ1) is 9.55. The third kappa shape index (κ3) is 2.91. The highest BCUT2D eigenvalue weighted by atomic mass is 32.2. The van der Waals surface area contributed by atoms with Crippen LogP contribution in [0, 0.1) is 0 Å². The average molecular weight is 291 g/mol. The maximum Gasteiger partial charge on any atom is 0.265 e. The Kier molecular flexibility index (Phi) is 4.24. The Morgan fingerprint density at radius 2 is 1.85 bits per heavy atom. The molecule has 0 aliphatic carbocycles. The Bertz CT molecular complexity index is 655. The van der Waals surface area contributed by atoms with Crippen molar-refractivity contribution in [1.82, 2.24) is 4.98 Å². The lowest BCUT2D eigenvalue weighted by atomic mass is 10.3. The van der Waals surface area contributed by atoms with E-state index in [0.717, 1.165) is 12.2 Å². The molecule has 20 heavy (non-hydrogen) atoms. The van der Waals surface area contributed by atoms with Crippen LogP contribution in [0.4, 0.5) is 11.5 Å². The fourth-order valence-electron chi connectivity index (χ4n) is 1.77. The average Bonchev–Trinajstić information content (AvgIpc) is 2.48. The Labute approximate surface area is 119 Å². The fourth-order valence-corrected chi connectivity index (χ4v) is 2.92. The molecule has 0 atom stereocenters. The van der Waals surface area contributed by atoms with Gasteiger partial charge in [0.1, 0.15) is 5.82 Å². The number of rotatable bonds is 5. The summed E-state index contributed by atoms with van der Waals surface area (Å²) in [6.07, 6.45) is 1.57. The van der Waals surface area contributed by atoms with Gasteiger partial charge in [-0.15, -0.1) is 0 Å². The molecule has 1 heterocycles. The SMILES string of the molecule is CCNc1ccc(S(=O)(=O)N(C)c2ccccn2)cc1. The molecule has 0 saturated carbocycles. The number of pyridine rings is 1. The van der Waals surface area contributed by atoms with Gasteiger partial charge < -0.3 is 5.32 Å². The van der Waals surface area contributed by atoms with Crippen LogP contribution in [0.2, 0.25) is 0 Å². The molecular formula is C14H17N3O2S. The summed E-state index contributed by atoms with van der Waals surface area (Å²) in [5, 5.41) is 3.13. The highest BCUT2D eigenvalue weighted by Crippen LogP contribution is 2.21. The Hall–Kier alpha value is -2.08. The first-order valence-electron chi connectivity index (χ1n) is 6.29. The van der Waals surface area contributed by atoms with E-state index in [2.05, 4.69) is 10.3 Å². The number of hydrogen-bond acceptors (Lipinski definition) is 4. The van der Waals surface area contributed by atoms with Gasteiger partial charge in [0.25, 0.3) is 10.0 Å². The van der Waals surface area contributed by atoms with Crippen LogP contribution in [-0.2, 0) is 10.0 Å². The van der Waals surface area contributed by atoms with Gasteiger partial charge in [0.2, 0.25) is 0 Å².